The molecule has 2 rings (SSSR count). The molecule has 0 bridgehead atoms. The number of carbonyl (C=O) groups excluding carboxylic acids is 1. The molecular formula is C13H17NO3. The molecule has 1 aliphatic rings. The molecule has 1 aliphatic heterocycles. The summed E-state index contributed by atoms with van der Waals surface area (Å²) in [6.45, 7) is 1.86. The molecular weight excluding hydrogens is 218 g/mol. The minimum absolute atomic E-state index is 0.231. The topological polar surface area (TPSA) is 47.6 Å². The van der Waals surface area contributed by atoms with Gasteiger partial charge in [0.05, 0.1) is 14.2 Å². The Morgan fingerprint density at radius 2 is 2.18 bits per heavy atom. The van der Waals surface area contributed by atoms with Crippen LogP contribution in [0, 0.1) is 0 Å². The molecule has 0 aliphatic carbocycles. The van der Waals surface area contributed by atoms with Gasteiger partial charge in [0.1, 0.15) is 11.3 Å². The Morgan fingerprint density at radius 1 is 1.41 bits per heavy atom. The summed E-state index contributed by atoms with van der Waals surface area (Å²) in [5, 5.41) is 3.24. The number of esters is 1. The highest BCUT2D eigenvalue weighted by molar-refractivity contribution is 5.85. The molecule has 92 valence electrons. The summed E-state index contributed by atoms with van der Waals surface area (Å²) in [5.41, 5.74) is 1.42. The lowest BCUT2D eigenvalue weighted by molar-refractivity contribution is -0.145. The summed E-state index contributed by atoms with van der Waals surface area (Å²) < 4.78 is 10.1. The fourth-order valence-corrected chi connectivity index (χ4v) is 2.24. The Kier molecular flexibility index (Phi) is 2.96. The van der Waals surface area contributed by atoms with E-state index in [1.54, 1.807) is 7.11 Å². The molecule has 0 aromatic heterocycles. The van der Waals surface area contributed by atoms with Gasteiger partial charge in [0.2, 0.25) is 0 Å². The summed E-state index contributed by atoms with van der Waals surface area (Å²) in [6.07, 6.45) is 1.50. The highest BCUT2D eigenvalue weighted by atomic mass is 16.5. The lowest BCUT2D eigenvalue weighted by atomic mass is 9.87. The summed E-state index contributed by atoms with van der Waals surface area (Å²) in [5.74, 6) is 0.632. The molecule has 1 unspecified atom stereocenters. The molecule has 1 heterocycles. The number of rotatable bonds is 2. The molecule has 17 heavy (non-hydrogen) atoms. The van der Waals surface area contributed by atoms with E-state index in [1.165, 1.54) is 7.11 Å². The maximum absolute atomic E-state index is 11.7. The van der Waals surface area contributed by atoms with Gasteiger partial charge in [-0.25, -0.2) is 4.79 Å². The summed E-state index contributed by atoms with van der Waals surface area (Å²) in [7, 11) is 3.07. The average molecular weight is 235 g/mol. The lowest BCUT2D eigenvalue weighted by Gasteiger charge is -2.34. The third-order valence-corrected chi connectivity index (χ3v) is 3.27. The number of ether oxygens (including phenoxy) is 2. The smallest absolute Gasteiger partial charge is 0.331 e. The second kappa shape index (κ2) is 4.28. The second-order valence-electron chi connectivity index (χ2n) is 4.44. The SMILES string of the molecule is COC(=O)C1(C)CCc2c(cccc2OC)N1. The molecule has 0 amide bonds. The van der Waals surface area contributed by atoms with E-state index in [4.69, 9.17) is 9.47 Å². The van der Waals surface area contributed by atoms with E-state index < -0.39 is 5.54 Å². The van der Waals surface area contributed by atoms with Crippen LogP contribution in [0.1, 0.15) is 18.9 Å². The van der Waals surface area contributed by atoms with Crippen LogP contribution in [0.25, 0.3) is 0 Å². The van der Waals surface area contributed by atoms with E-state index >= 15 is 0 Å². The van der Waals surface area contributed by atoms with Crippen LogP contribution >= 0.6 is 0 Å². The van der Waals surface area contributed by atoms with E-state index in [2.05, 4.69) is 5.32 Å². The van der Waals surface area contributed by atoms with Crippen LogP contribution in [-0.2, 0) is 16.0 Å². The van der Waals surface area contributed by atoms with E-state index in [9.17, 15) is 4.79 Å². The molecule has 0 saturated carbocycles. The van der Waals surface area contributed by atoms with Crippen molar-refractivity contribution in [3.8, 4) is 5.75 Å². The number of anilines is 1. The Morgan fingerprint density at radius 3 is 2.82 bits per heavy atom. The monoisotopic (exact) mass is 235 g/mol. The number of carbonyl (C=O) groups is 1. The van der Waals surface area contributed by atoms with Crippen molar-refractivity contribution in [2.45, 2.75) is 25.3 Å². The normalized spacial score (nSPS) is 22.3. The predicted molar refractivity (Wildman–Crippen MR) is 65.4 cm³/mol. The van der Waals surface area contributed by atoms with Crippen LogP contribution in [0.15, 0.2) is 18.2 Å². The van der Waals surface area contributed by atoms with Crippen molar-refractivity contribution in [1.29, 1.82) is 0 Å². The Hall–Kier alpha value is -1.71. The number of hydrogen-bond acceptors (Lipinski definition) is 4. The first-order chi connectivity index (χ1) is 8.10. The third-order valence-electron chi connectivity index (χ3n) is 3.27. The van der Waals surface area contributed by atoms with Crippen LogP contribution in [-0.4, -0.2) is 25.7 Å². The van der Waals surface area contributed by atoms with Gasteiger partial charge in [-0.05, 0) is 31.9 Å². The zero-order valence-corrected chi connectivity index (χ0v) is 10.4. The summed E-state index contributed by atoms with van der Waals surface area (Å²) in [6, 6.07) is 5.80. The van der Waals surface area contributed by atoms with E-state index in [0.717, 1.165) is 23.4 Å². The lowest BCUT2D eigenvalue weighted by Crippen LogP contribution is -2.47. The predicted octanol–water partition coefficient (Wildman–Crippen LogP) is 1.98. The van der Waals surface area contributed by atoms with Gasteiger partial charge < -0.3 is 14.8 Å². The standard InChI is InChI=1S/C13H17NO3/c1-13(12(15)17-3)8-7-9-10(14-13)5-4-6-11(9)16-2/h4-6,14H,7-8H2,1-3H3. The van der Waals surface area contributed by atoms with Crippen LogP contribution in [0.2, 0.25) is 0 Å². The number of methoxy groups -OCH3 is 2. The van der Waals surface area contributed by atoms with Crippen molar-refractivity contribution >= 4 is 11.7 Å². The molecule has 1 aromatic carbocycles. The molecule has 0 radical (unpaired) electrons. The maximum Gasteiger partial charge on any atom is 0.331 e. The fraction of sp³-hybridized carbons (Fsp3) is 0.462. The van der Waals surface area contributed by atoms with Crippen LogP contribution in [0.4, 0.5) is 5.69 Å². The minimum Gasteiger partial charge on any atom is -0.496 e. The maximum atomic E-state index is 11.7. The van der Waals surface area contributed by atoms with Crippen LogP contribution in [0.3, 0.4) is 0 Å². The number of nitrogens with one attached hydrogen (secondary N) is 1. The summed E-state index contributed by atoms with van der Waals surface area (Å²) in [4.78, 5) is 11.7. The van der Waals surface area contributed by atoms with Gasteiger partial charge in [-0.15, -0.1) is 0 Å². The zero-order valence-electron chi connectivity index (χ0n) is 10.4. The van der Waals surface area contributed by atoms with Crippen molar-refractivity contribution in [1.82, 2.24) is 0 Å². The number of fused-ring (bicyclic) bond motifs is 1. The molecule has 0 spiro atoms. The van der Waals surface area contributed by atoms with Crippen LogP contribution < -0.4 is 10.1 Å². The van der Waals surface area contributed by atoms with E-state index in [-0.39, 0.29) is 5.97 Å². The average Bonchev–Trinajstić information content (AvgIpc) is 2.36. The van der Waals surface area contributed by atoms with Gasteiger partial charge in [-0.1, -0.05) is 6.07 Å². The fourth-order valence-electron chi connectivity index (χ4n) is 2.24. The number of hydrogen-bond donors (Lipinski definition) is 1. The Balaban J connectivity index is 2.34. The van der Waals surface area contributed by atoms with Crippen molar-refractivity contribution < 1.29 is 14.3 Å². The molecule has 4 nitrogen and oxygen atoms in total. The number of benzene rings is 1. The van der Waals surface area contributed by atoms with Crippen molar-refractivity contribution in [2.75, 3.05) is 19.5 Å². The molecule has 0 saturated heterocycles. The highest BCUT2D eigenvalue weighted by Crippen LogP contribution is 2.36. The molecule has 4 heteroatoms. The van der Waals surface area contributed by atoms with Crippen molar-refractivity contribution in [3.63, 3.8) is 0 Å². The van der Waals surface area contributed by atoms with Gasteiger partial charge in [0, 0.05) is 11.3 Å². The van der Waals surface area contributed by atoms with E-state index in [1.807, 2.05) is 25.1 Å². The second-order valence-corrected chi connectivity index (χ2v) is 4.44. The first-order valence-electron chi connectivity index (χ1n) is 5.63. The van der Waals surface area contributed by atoms with E-state index in [0.29, 0.717) is 6.42 Å². The molecule has 1 N–H and O–H groups in total. The first-order valence-corrected chi connectivity index (χ1v) is 5.63. The molecule has 1 atom stereocenters. The van der Waals surface area contributed by atoms with Gasteiger partial charge in [-0.3, -0.25) is 0 Å². The quantitative estimate of drug-likeness (QED) is 0.796. The van der Waals surface area contributed by atoms with Gasteiger partial charge in [-0.2, -0.15) is 0 Å². The molecule has 0 fully saturated rings. The zero-order chi connectivity index (χ0) is 12.5. The minimum atomic E-state index is -0.645. The van der Waals surface area contributed by atoms with Crippen molar-refractivity contribution in [2.24, 2.45) is 0 Å². The highest BCUT2D eigenvalue weighted by Gasteiger charge is 2.38. The van der Waals surface area contributed by atoms with Crippen molar-refractivity contribution in [3.05, 3.63) is 23.8 Å². The Labute approximate surface area is 101 Å². The summed E-state index contributed by atoms with van der Waals surface area (Å²) >= 11 is 0. The van der Waals surface area contributed by atoms with Gasteiger partial charge >= 0.3 is 5.97 Å². The molecule has 1 aromatic rings. The largest absolute Gasteiger partial charge is 0.496 e. The first kappa shape index (κ1) is 11.8. The van der Waals surface area contributed by atoms with Gasteiger partial charge in [0.25, 0.3) is 0 Å². The Bertz CT molecular complexity index is 444. The third kappa shape index (κ3) is 1.95. The van der Waals surface area contributed by atoms with Gasteiger partial charge in [0.15, 0.2) is 0 Å². The van der Waals surface area contributed by atoms with Crippen LogP contribution in [0.5, 0.6) is 5.75 Å².